The molecule has 19 heavy (non-hydrogen) atoms. The van der Waals surface area contributed by atoms with E-state index in [9.17, 15) is 17.6 Å². The summed E-state index contributed by atoms with van der Waals surface area (Å²) in [6.07, 6.45) is -4.33. The second-order valence-corrected chi connectivity index (χ2v) is 3.94. The van der Waals surface area contributed by atoms with E-state index in [1.165, 1.54) is 6.07 Å². The highest BCUT2D eigenvalue weighted by Crippen LogP contribution is 2.33. The van der Waals surface area contributed by atoms with E-state index >= 15 is 0 Å². The number of benzene rings is 1. The molecule has 108 valence electrons. The number of nitrogens with one attached hydrogen (secondary N) is 1. The Bertz CT molecular complexity index is 409. The number of ether oxygens (including phenoxy) is 1. The summed E-state index contributed by atoms with van der Waals surface area (Å²) < 4.78 is 56.0. The molecule has 0 spiro atoms. The van der Waals surface area contributed by atoms with Crippen molar-refractivity contribution in [3.8, 4) is 0 Å². The normalized spacial score (nSPS) is 13.6. The minimum atomic E-state index is -4.72. The fraction of sp³-hybridized carbons (Fsp3) is 0.500. The van der Waals surface area contributed by atoms with Crippen LogP contribution in [0.4, 0.5) is 17.6 Å². The molecule has 3 N–H and O–H groups in total. The summed E-state index contributed by atoms with van der Waals surface area (Å²) in [4.78, 5) is 0. The van der Waals surface area contributed by atoms with Gasteiger partial charge in [0.15, 0.2) is 0 Å². The maximum atomic E-state index is 13.1. The molecule has 0 aliphatic carbocycles. The SMILES string of the molecule is CCOCCC(NN)c1ccc(F)c(C(F)(F)F)c1. The van der Waals surface area contributed by atoms with Crippen LogP contribution in [0.3, 0.4) is 0 Å². The number of hydrogen-bond donors (Lipinski definition) is 2. The third kappa shape index (κ3) is 4.45. The molecule has 0 aliphatic rings. The van der Waals surface area contributed by atoms with Crippen molar-refractivity contribution in [1.29, 1.82) is 0 Å². The van der Waals surface area contributed by atoms with Crippen LogP contribution in [0.2, 0.25) is 0 Å². The predicted molar refractivity (Wildman–Crippen MR) is 62.6 cm³/mol. The van der Waals surface area contributed by atoms with Gasteiger partial charge in [-0.25, -0.2) is 4.39 Å². The van der Waals surface area contributed by atoms with Crippen molar-refractivity contribution in [2.75, 3.05) is 13.2 Å². The Labute approximate surface area is 108 Å². The molecule has 0 saturated carbocycles. The third-order valence-corrected chi connectivity index (χ3v) is 2.65. The summed E-state index contributed by atoms with van der Waals surface area (Å²) in [7, 11) is 0. The highest BCUT2D eigenvalue weighted by molar-refractivity contribution is 5.29. The number of hydrazine groups is 1. The van der Waals surface area contributed by atoms with Crippen molar-refractivity contribution in [2.24, 2.45) is 5.84 Å². The summed E-state index contributed by atoms with van der Waals surface area (Å²) >= 11 is 0. The zero-order chi connectivity index (χ0) is 14.5. The lowest BCUT2D eigenvalue weighted by Gasteiger charge is -2.18. The van der Waals surface area contributed by atoms with Crippen molar-refractivity contribution >= 4 is 0 Å². The Balaban J connectivity index is 2.93. The van der Waals surface area contributed by atoms with Gasteiger partial charge in [-0.1, -0.05) is 6.07 Å². The predicted octanol–water partition coefficient (Wildman–Crippen LogP) is 2.78. The maximum absolute atomic E-state index is 13.1. The van der Waals surface area contributed by atoms with Crippen LogP contribution in [0.5, 0.6) is 0 Å². The lowest BCUT2D eigenvalue weighted by atomic mass is 10.0. The monoisotopic (exact) mass is 280 g/mol. The Morgan fingerprint density at radius 3 is 2.58 bits per heavy atom. The molecule has 1 aromatic rings. The Morgan fingerprint density at radius 1 is 1.37 bits per heavy atom. The molecule has 1 unspecified atom stereocenters. The molecule has 0 bridgehead atoms. The second kappa shape index (κ2) is 6.83. The zero-order valence-electron chi connectivity index (χ0n) is 10.4. The van der Waals surface area contributed by atoms with Crippen LogP contribution in [0, 0.1) is 5.82 Å². The molecule has 1 aromatic carbocycles. The van der Waals surface area contributed by atoms with E-state index in [4.69, 9.17) is 10.6 Å². The molecule has 0 aliphatic heterocycles. The smallest absolute Gasteiger partial charge is 0.382 e. The summed E-state index contributed by atoms with van der Waals surface area (Å²) in [6.45, 7) is 2.67. The molecular weight excluding hydrogens is 264 g/mol. The molecule has 0 fully saturated rings. The Kier molecular flexibility index (Phi) is 5.71. The molecule has 0 heterocycles. The van der Waals surface area contributed by atoms with E-state index in [1.807, 2.05) is 6.92 Å². The van der Waals surface area contributed by atoms with E-state index in [0.717, 1.165) is 12.1 Å². The second-order valence-electron chi connectivity index (χ2n) is 3.94. The summed E-state index contributed by atoms with van der Waals surface area (Å²) in [5, 5.41) is 0. The Morgan fingerprint density at radius 2 is 2.05 bits per heavy atom. The van der Waals surface area contributed by atoms with Gasteiger partial charge in [-0.3, -0.25) is 11.3 Å². The van der Waals surface area contributed by atoms with E-state index in [-0.39, 0.29) is 5.56 Å². The highest BCUT2D eigenvalue weighted by atomic mass is 19.4. The van der Waals surface area contributed by atoms with Crippen molar-refractivity contribution in [2.45, 2.75) is 25.6 Å². The van der Waals surface area contributed by atoms with Gasteiger partial charge in [0.05, 0.1) is 5.56 Å². The van der Waals surface area contributed by atoms with Crippen LogP contribution in [0.15, 0.2) is 18.2 Å². The van der Waals surface area contributed by atoms with Crippen LogP contribution < -0.4 is 11.3 Å². The first-order valence-electron chi connectivity index (χ1n) is 5.80. The largest absolute Gasteiger partial charge is 0.419 e. The van der Waals surface area contributed by atoms with Crippen molar-refractivity contribution in [3.63, 3.8) is 0 Å². The van der Waals surface area contributed by atoms with Crippen LogP contribution in [-0.4, -0.2) is 13.2 Å². The zero-order valence-corrected chi connectivity index (χ0v) is 10.4. The average molecular weight is 280 g/mol. The van der Waals surface area contributed by atoms with Gasteiger partial charge in [-0.05, 0) is 31.0 Å². The van der Waals surface area contributed by atoms with E-state index in [1.54, 1.807) is 0 Å². The Hall–Kier alpha value is -1.18. The standard InChI is InChI=1S/C12H16F4N2O/c1-2-19-6-5-11(18-17)8-3-4-10(13)9(7-8)12(14,15)16/h3-4,7,11,18H,2,5-6,17H2,1H3. The first-order chi connectivity index (χ1) is 8.90. The van der Waals surface area contributed by atoms with E-state index in [0.29, 0.717) is 19.6 Å². The number of rotatable bonds is 6. The number of halogens is 4. The molecule has 0 amide bonds. The van der Waals surface area contributed by atoms with Crippen LogP contribution >= 0.6 is 0 Å². The van der Waals surface area contributed by atoms with Crippen LogP contribution in [-0.2, 0) is 10.9 Å². The number of nitrogens with two attached hydrogens (primary N) is 1. The minimum Gasteiger partial charge on any atom is -0.382 e. The summed E-state index contributed by atoms with van der Waals surface area (Å²) in [5.41, 5.74) is 1.39. The fourth-order valence-electron chi connectivity index (χ4n) is 1.67. The van der Waals surface area contributed by atoms with Gasteiger partial charge in [0.2, 0.25) is 0 Å². The number of alkyl halides is 3. The lowest BCUT2D eigenvalue weighted by Crippen LogP contribution is -2.29. The summed E-state index contributed by atoms with van der Waals surface area (Å²) in [6, 6.07) is 2.32. The quantitative estimate of drug-likeness (QED) is 0.364. The van der Waals surface area contributed by atoms with Crippen molar-refractivity contribution in [1.82, 2.24) is 5.43 Å². The molecular formula is C12H16F4N2O. The minimum absolute atomic E-state index is 0.274. The lowest BCUT2D eigenvalue weighted by molar-refractivity contribution is -0.140. The van der Waals surface area contributed by atoms with E-state index in [2.05, 4.69) is 5.43 Å². The van der Waals surface area contributed by atoms with Gasteiger partial charge in [0.1, 0.15) is 5.82 Å². The van der Waals surface area contributed by atoms with Gasteiger partial charge in [0.25, 0.3) is 0 Å². The first kappa shape index (κ1) is 15.9. The molecule has 0 saturated heterocycles. The third-order valence-electron chi connectivity index (χ3n) is 2.65. The molecule has 1 atom stereocenters. The van der Waals surface area contributed by atoms with Gasteiger partial charge in [-0.2, -0.15) is 13.2 Å². The van der Waals surface area contributed by atoms with Crippen LogP contribution in [0.1, 0.15) is 30.5 Å². The van der Waals surface area contributed by atoms with E-state index < -0.39 is 23.6 Å². The van der Waals surface area contributed by atoms with Gasteiger partial charge < -0.3 is 4.74 Å². The maximum Gasteiger partial charge on any atom is 0.419 e. The van der Waals surface area contributed by atoms with Gasteiger partial charge in [0, 0.05) is 19.3 Å². The van der Waals surface area contributed by atoms with Gasteiger partial charge in [-0.15, -0.1) is 0 Å². The van der Waals surface area contributed by atoms with Crippen molar-refractivity contribution in [3.05, 3.63) is 35.1 Å². The van der Waals surface area contributed by atoms with Crippen molar-refractivity contribution < 1.29 is 22.3 Å². The number of hydrogen-bond acceptors (Lipinski definition) is 3. The highest BCUT2D eigenvalue weighted by Gasteiger charge is 2.34. The fourth-order valence-corrected chi connectivity index (χ4v) is 1.67. The van der Waals surface area contributed by atoms with Gasteiger partial charge >= 0.3 is 6.18 Å². The average Bonchev–Trinajstić information content (AvgIpc) is 2.34. The summed E-state index contributed by atoms with van der Waals surface area (Å²) in [5.74, 6) is 4.01. The molecule has 0 radical (unpaired) electrons. The molecule has 0 aromatic heterocycles. The first-order valence-corrected chi connectivity index (χ1v) is 5.80. The topological polar surface area (TPSA) is 47.3 Å². The molecule has 3 nitrogen and oxygen atoms in total. The van der Waals surface area contributed by atoms with Crippen LogP contribution in [0.25, 0.3) is 0 Å². The molecule has 7 heteroatoms. The molecule has 1 rings (SSSR count).